The summed E-state index contributed by atoms with van der Waals surface area (Å²) in [4.78, 5) is 25.5. The molecule has 1 unspecified atom stereocenters. The van der Waals surface area contributed by atoms with Crippen molar-refractivity contribution < 1.29 is 23.8 Å². The van der Waals surface area contributed by atoms with Crippen LogP contribution < -0.4 is 0 Å². The smallest absolute Gasteiger partial charge is 0.306 e. The Hall–Kier alpha value is -1.62. The maximum atomic E-state index is 12.8. The van der Waals surface area contributed by atoms with Crippen molar-refractivity contribution in [1.82, 2.24) is 0 Å². The molecule has 0 aliphatic carbocycles. The number of rotatable bonds is 54. The van der Waals surface area contributed by atoms with Gasteiger partial charge in [0, 0.05) is 19.4 Å². The maximum Gasteiger partial charge on any atom is 0.306 e. The fraction of sp³-hybridized carbons (Fsp3) is 0.898. The molecule has 0 rings (SSSR count). The molecular formula is C59H112O5. The molecule has 0 spiro atoms. The number of carbonyl (C=O) groups is 2. The van der Waals surface area contributed by atoms with Crippen LogP contribution in [0.25, 0.3) is 0 Å². The van der Waals surface area contributed by atoms with Crippen molar-refractivity contribution in [3.8, 4) is 0 Å². The summed E-state index contributed by atoms with van der Waals surface area (Å²) >= 11 is 0. The van der Waals surface area contributed by atoms with E-state index in [4.69, 9.17) is 14.2 Å². The first-order valence-electron chi connectivity index (χ1n) is 28.9. The van der Waals surface area contributed by atoms with Crippen molar-refractivity contribution >= 4 is 11.9 Å². The van der Waals surface area contributed by atoms with Gasteiger partial charge in [0.1, 0.15) is 6.61 Å². The zero-order valence-electron chi connectivity index (χ0n) is 43.6. The van der Waals surface area contributed by atoms with E-state index in [9.17, 15) is 9.59 Å². The van der Waals surface area contributed by atoms with E-state index in [1.54, 1.807) is 0 Å². The average molecular weight is 902 g/mol. The zero-order chi connectivity index (χ0) is 46.3. The summed E-state index contributed by atoms with van der Waals surface area (Å²) in [6.45, 7) is 7.87. The van der Waals surface area contributed by atoms with E-state index in [1.807, 2.05) is 0 Å². The van der Waals surface area contributed by atoms with E-state index < -0.39 is 6.10 Å². The Balaban J connectivity index is 4.20. The lowest BCUT2D eigenvalue weighted by Crippen LogP contribution is -2.30. The second-order valence-corrected chi connectivity index (χ2v) is 19.6. The fourth-order valence-electron chi connectivity index (χ4n) is 8.66. The van der Waals surface area contributed by atoms with Crippen LogP contribution in [0.4, 0.5) is 0 Å². The third-order valence-corrected chi connectivity index (χ3v) is 13.0. The molecule has 0 N–H and O–H groups in total. The van der Waals surface area contributed by atoms with E-state index in [0.717, 1.165) is 38.5 Å². The van der Waals surface area contributed by atoms with Gasteiger partial charge in [0.15, 0.2) is 6.10 Å². The highest BCUT2D eigenvalue weighted by atomic mass is 16.6. The zero-order valence-corrected chi connectivity index (χ0v) is 43.6. The fourth-order valence-corrected chi connectivity index (χ4v) is 8.66. The molecule has 5 heteroatoms. The van der Waals surface area contributed by atoms with Crippen LogP contribution in [0.3, 0.4) is 0 Å². The van der Waals surface area contributed by atoms with Gasteiger partial charge in [0.25, 0.3) is 0 Å². The van der Waals surface area contributed by atoms with Gasteiger partial charge in [-0.1, -0.05) is 276 Å². The van der Waals surface area contributed by atoms with Crippen LogP contribution in [0.2, 0.25) is 0 Å². The molecule has 64 heavy (non-hydrogen) atoms. The molecule has 0 fully saturated rings. The molecule has 0 saturated heterocycles. The Labute approximate surface area is 400 Å². The summed E-state index contributed by atoms with van der Waals surface area (Å²) in [5.74, 6) is -0.383. The summed E-state index contributed by atoms with van der Waals surface area (Å²) in [6, 6.07) is 0. The molecule has 0 aromatic heterocycles. The van der Waals surface area contributed by atoms with Gasteiger partial charge in [-0.05, 0) is 51.4 Å². The quantitative estimate of drug-likeness (QED) is 0.0346. The topological polar surface area (TPSA) is 61.8 Å². The molecule has 1 atom stereocenters. The number of allylic oxidation sites excluding steroid dienone is 4. The minimum atomic E-state index is -0.532. The number of unbranched alkanes of at least 4 members (excludes halogenated alkanes) is 39. The van der Waals surface area contributed by atoms with Crippen LogP contribution in [-0.2, 0) is 23.8 Å². The Bertz CT molecular complexity index is 974. The lowest BCUT2D eigenvalue weighted by atomic mass is 10.0. The number of esters is 2. The average Bonchev–Trinajstić information content (AvgIpc) is 3.30. The molecule has 5 nitrogen and oxygen atoms in total. The summed E-state index contributed by atoms with van der Waals surface area (Å²) < 4.78 is 17.5. The van der Waals surface area contributed by atoms with Gasteiger partial charge in [-0.2, -0.15) is 0 Å². The first kappa shape index (κ1) is 62.4. The number of carbonyl (C=O) groups excluding carboxylic acids is 2. The lowest BCUT2D eigenvalue weighted by Gasteiger charge is -2.18. The SMILES string of the molecule is CCCCC/C=C\C/C=C\CCCCCCCCCC(=O)OCC(COCCCCCCCCCCCCCCCCCCCC)OC(=O)CCCCCCCCCCCCCCC. The molecular weight excluding hydrogens is 789 g/mol. The highest BCUT2D eigenvalue weighted by molar-refractivity contribution is 5.70. The van der Waals surface area contributed by atoms with Gasteiger partial charge < -0.3 is 14.2 Å². The van der Waals surface area contributed by atoms with Gasteiger partial charge in [0.2, 0.25) is 0 Å². The minimum Gasteiger partial charge on any atom is -0.462 e. The van der Waals surface area contributed by atoms with Gasteiger partial charge in [0.05, 0.1) is 6.61 Å². The van der Waals surface area contributed by atoms with Gasteiger partial charge in [-0.25, -0.2) is 0 Å². The van der Waals surface area contributed by atoms with Crippen molar-refractivity contribution in [3.05, 3.63) is 24.3 Å². The molecule has 0 aliphatic rings. The van der Waals surface area contributed by atoms with E-state index in [0.29, 0.717) is 26.1 Å². The minimum absolute atomic E-state index is 0.0893. The third kappa shape index (κ3) is 53.0. The van der Waals surface area contributed by atoms with Crippen molar-refractivity contribution in [3.63, 3.8) is 0 Å². The summed E-state index contributed by atoms with van der Waals surface area (Å²) in [5.41, 5.74) is 0. The molecule has 0 aromatic rings. The predicted octanol–water partition coefficient (Wildman–Crippen LogP) is 19.6. The van der Waals surface area contributed by atoms with Crippen molar-refractivity contribution in [2.45, 2.75) is 322 Å². The maximum absolute atomic E-state index is 12.8. The largest absolute Gasteiger partial charge is 0.462 e. The molecule has 0 heterocycles. The van der Waals surface area contributed by atoms with Gasteiger partial charge in [-0.15, -0.1) is 0 Å². The Kier molecular flexibility index (Phi) is 54.3. The van der Waals surface area contributed by atoms with Gasteiger partial charge in [-0.3, -0.25) is 9.59 Å². The monoisotopic (exact) mass is 901 g/mol. The van der Waals surface area contributed by atoms with E-state index in [2.05, 4.69) is 45.1 Å². The van der Waals surface area contributed by atoms with Crippen LogP contribution in [0.1, 0.15) is 316 Å². The molecule has 0 aromatic carbocycles. The summed E-state index contributed by atoms with van der Waals surface area (Å²) in [5, 5.41) is 0. The molecule has 0 aliphatic heterocycles. The number of ether oxygens (including phenoxy) is 3. The molecule has 0 amide bonds. The molecule has 0 bridgehead atoms. The van der Waals surface area contributed by atoms with Crippen LogP contribution >= 0.6 is 0 Å². The van der Waals surface area contributed by atoms with Crippen LogP contribution in [0.15, 0.2) is 24.3 Å². The second-order valence-electron chi connectivity index (χ2n) is 19.6. The van der Waals surface area contributed by atoms with E-state index in [1.165, 1.54) is 244 Å². The normalized spacial score (nSPS) is 12.2. The summed E-state index contributed by atoms with van der Waals surface area (Å²) in [7, 11) is 0. The van der Waals surface area contributed by atoms with Crippen LogP contribution in [0, 0.1) is 0 Å². The highest BCUT2D eigenvalue weighted by Gasteiger charge is 2.17. The Morgan fingerprint density at radius 1 is 0.344 bits per heavy atom. The predicted molar refractivity (Wildman–Crippen MR) is 279 cm³/mol. The molecule has 0 radical (unpaired) electrons. The van der Waals surface area contributed by atoms with Crippen molar-refractivity contribution in [2.75, 3.05) is 19.8 Å². The lowest BCUT2D eigenvalue weighted by molar-refractivity contribution is -0.163. The van der Waals surface area contributed by atoms with E-state index in [-0.39, 0.29) is 18.5 Å². The Morgan fingerprint density at radius 2 is 0.656 bits per heavy atom. The highest BCUT2D eigenvalue weighted by Crippen LogP contribution is 2.17. The van der Waals surface area contributed by atoms with Crippen LogP contribution in [0.5, 0.6) is 0 Å². The molecule has 0 saturated carbocycles. The molecule has 378 valence electrons. The third-order valence-electron chi connectivity index (χ3n) is 13.0. The standard InChI is InChI=1S/C59H112O5/c1-4-7-10-13-16-19-22-25-27-29-31-33-36-39-42-45-48-51-54-62-55-57(64-59(61)53-50-47-44-41-38-34-24-21-18-15-12-9-6-3)56-63-58(60)52-49-46-43-40-37-35-32-30-28-26-23-20-17-14-11-8-5-2/h17,20,26,28,57H,4-16,18-19,21-25,27,29-56H2,1-3H3/b20-17-,28-26-. The first-order chi connectivity index (χ1) is 31.6. The van der Waals surface area contributed by atoms with Crippen LogP contribution in [-0.4, -0.2) is 37.9 Å². The Morgan fingerprint density at radius 3 is 1.06 bits per heavy atom. The second kappa shape index (κ2) is 55.7. The number of hydrogen-bond acceptors (Lipinski definition) is 5. The van der Waals surface area contributed by atoms with Crippen molar-refractivity contribution in [1.29, 1.82) is 0 Å². The number of hydrogen-bond donors (Lipinski definition) is 0. The van der Waals surface area contributed by atoms with E-state index >= 15 is 0 Å². The first-order valence-corrected chi connectivity index (χ1v) is 28.9. The van der Waals surface area contributed by atoms with Gasteiger partial charge >= 0.3 is 11.9 Å². The van der Waals surface area contributed by atoms with Crippen molar-refractivity contribution in [2.24, 2.45) is 0 Å². The summed E-state index contributed by atoms with van der Waals surface area (Å²) in [6.07, 6.45) is 66.2.